The third-order valence-electron chi connectivity index (χ3n) is 5.61. The van der Waals surface area contributed by atoms with Crippen LogP contribution in [0.2, 0.25) is 0 Å². The quantitative estimate of drug-likeness (QED) is 0.651. The van der Waals surface area contributed by atoms with Crippen LogP contribution in [0, 0.1) is 0 Å². The van der Waals surface area contributed by atoms with E-state index in [9.17, 15) is 14.4 Å². The lowest BCUT2D eigenvalue weighted by molar-refractivity contribution is -0.125. The molecule has 0 spiro atoms. The maximum atomic E-state index is 13.7. The molecule has 2 atom stereocenters. The van der Waals surface area contributed by atoms with Gasteiger partial charge in [0.05, 0.1) is 16.6 Å². The van der Waals surface area contributed by atoms with Crippen molar-refractivity contribution in [1.82, 2.24) is 14.5 Å². The molecule has 1 N–H and O–H groups in total. The van der Waals surface area contributed by atoms with Gasteiger partial charge in [0.2, 0.25) is 5.91 Å². The summed E-state index contributed by atoms with van der Waals surface area (Å²) in [5.41, 5.74) is 1.07. The second-order valence-corrected chi connectivity index (χ2v) is 7.53. The Balaban J connectivity index is 2.36. The highest BCUT2D eigenvalue weighted by Crippen LogP contribution is 2.19. The molecular weight excluding hydrogens is 378 g/mol. The van der Waals surface area contributed by atoms with Crippen LogP contribution >= 0.6 is 0 Å². The predicted octanol–water partition coefficient (Wildman–Crippen LogP) is 3.58. The number of hydrogen-bond donors (Lipinski definition) is 1. The van der Waals surface area contributed by atoms with Gasteiger partial charge in [0.15, 0.2) is 0 Å². The molecule has 0 radical (unpaired) electrons. The van der Waals surface area contributed by atoms with Gasteiger partial charge in [-0.25, -0.2) is 9.36 Å². The molecule has 0 saturated carbocycles. The number of rotatable bonds is 7. The number of benzene rings is 2. The largest absolute Gasteiger partial charge is 0.352 e. The van der Waals surface area contributed by atoms with E-state index < -0.39 is 11.7 Å². The van der Waals surface area contributed by atoms with E-state index in [1.807, 2.05) is 45.9 Å². The molecule has 158 valence electrons. The molecule has 0 aliphatic heterocycles. The number of aromatic nitrogens is 2. The molecule has 3 rings (SSSR count). The molecule has 1 aromatic heterocycles. The smallest absolute Gasteiger partial charge is 0.336 e. The number of amides is 1. The van der Waals surface area contributed by atoms with Crippen LogP contribution in [0.4, 0.5) is 0 Å². The fourth-order valence-corrected chi connectivity index (χ4v) is 3.75. The summed E-state index contributed by atoms with van der Waals surface area (Å²) in [7, 11) is 0. The summed E-state index contributed by atoms with van der Waals surface area (Å²) in [6.45, 7) is 7.79. The van der Waals surface area contributed by atoms with Gasteiger partial charge < -0.3 is 5.32 Å². The number of carbonyl (C=O) groups is 1. The minimum atomic E-state index is -0.711. The average Bonchev–Trinajstić information content (AvgIpc) is 2.76. The Hall–Kier alpha value is -3.15. The number of aryl methyl sites for hydroxylation is 1. The summed E-state index contributed by atoms with van der Waals surface area (Å²) < 4.78 is 2.68. The number of hydrogen-bond acceptors (Lipinski definition) is 3. The number of carbonyl (C=O) groups excluding carboxylic acids is 1. The van der Waals surface area contributed by atoms with Crippen LogP contribution in [-0.2, 0) is 11.2 Å². The maximum absolute atomic E-state index is 13.7. The summed E-state index contributed by atoms with van der Waals surface area (Å²) in [4.78, 5) is 40.0. The number of nitrogens with one attached hydrogen (secondary N) is 1. The van der Waals surface area contributed by atoms with Gasteiger partial charge in [-0.05, 0) is 49.9 Å². The summed E-state index contributed by atoms with van der Waals surface area (Å²) in [5.74, 6) is -0.215. The zero-order chi connectivity index (χ0) is 21.8. The van der Waals surface area contributed by atoms with Crippen molar-refractivity contribution in [3.63, 3.8) is 0 Å². The summed E-state index contributed by atoms with van der Waals surface area (Å²) in [6, 6.07) is 13.7. The second-order valence-electron chi connectivity index (χ2n) is 7.53. The second kappa shape index (κ2) is 9.11. The molecule has 0 saturated heterocycles. The summed E-state index contributed by atoms with van der Waals surface area (Å²) in [6.07, 6.45) is 1.90. The zero-order valence-electron chi connectivity index (χ0n) is 18.0. The number of fused-ring (bicyclic) bond motifs is 1. The van der Waals surface area contributed by atoms with Gasteiger partial charge in [0, 0.05) is 6.04 Å². The lowest BCUT2D eigenvalue weighted by Crippen LogP contribution is -2.46. The minimum absolute atomic E-state index is 0.000221. The van der Waals surface area contributed by atoms with Gasteiger partial charge in [-0.15, -0.1) is 0 Å². The van der Waals surface area contributed by atoms with Crippen molar-refractivity contribution < 1.29 is 4.79 Å². The Morgan fingerprint density at radius 3 is 2.30 bits per heavy atom. The first kappa shape index (κ1) is 21.6. The maximum Gasteiger partial charge on any atom is 0.336 e. The zero-order valence-corrected chi connectivity index (χ0v) is 18.0. The molecule has 0 bridgehead atoms. The van der Waals surface area contributed by atoms with Gasteiger partial charge in [0.1, 0.15) is 6.04 Å². The fraction of sp³-hybridized carbons (Fsp3) is 0.375. The molecule has 30 heavy (non-hydrogen) atoms. The van der Waals surface area contributed by atoms with Gasteiger partial charge in [-0.2, -0.15) is 0 Å². The lowest BCUT2D eigenvalue weighted by Gasteiger charge is -2.23. The molecule has 0 aliphatic carbocycles. The van der Waals surface area contributed by atoms with Crippen LogP contribution in [0.1, 0.15) is 52.1 Å². The van der Waals surface area contributed by atoms with E-state index in [0.717, 1.165) is 12.0 Å². The monoisotopic (exact) mass is 407 g/mol. The van der Waals surface area contributed by atoms with E-state index in [2.05, 4.69) is 5.32 Å². The minimum Gasteiger partial charge on any atom is -0.352 e. The Morgan fingerprint density at radius 1 is 0.967 bits per heavy atom. The van der Waals surface area contributed by atoms with E-state index in [0.29, 0.717) is 29.4 Å². The Morgan fingerprint density at radius 2 is 1.63 bits per heavy atom. The van der Waals surface area contributed by atoms with Gasteiger partial charge in [-0.1, -0.05) is 51.1 Å². The third kappa shape index (κ3) is 3.82. The molecular formula is C24H29N3O3. The van der Waals surface area contributed by atoms with Crippen molar-refractivity contribution in [2.45, 2.75) is 59.0 Å². The lowest BCUT2D eigenvalue weighted by atomic mass is 10.1. The van der Waals surface area contributed by atoms with Crippen molar-refractivity contribution in [1.29, 1.82) is 0 Å². The Bertz CT molecular complexity index is 1180. The van der Waals surface area contributed by atoms with Gasteiger partial charge in [-0.3, -0.25) is 14.2 Å². The van der Waals surface area contributed by atoms with Crippen molar-refractivity contribution >= 4 is 16.8 Å². The average molecular weight is 408 g/mol. The highest BCUT2D eigenvalue weighted by atomic mass is 16.2. The van der Waals surface area contributed by atoms with Crippen LogP contribution in [0.3, 0.4) is 0 Å². The van der Waals surface area contributed by atoms with E-state index in [4.69, 9.17) is 0 Å². The first-order valence-corrected chi connectivity index (χ1v) is 10.6. The van der Waals surface area contributed by atoms with E-state index in [1.54, 1.807) is 30.3 Å². The predicted molar refractivity (Wildman–Crippen MR) is 120 cm³/mol. The van der Waals surface area contributed by atoms with Crippen LogP contribution in [0.25, 0.3) is 16.6 Å². The summed E-state index contributed by atoms with van der Waals surface area (Å²) >= 11 is 0. The number of para-hydroxylation sites is 2. The molecule has 1 amide bonds. The molecule has 6 heteroatoms. The standard InChI is InChI=1S/C24H29N3O3/c1-5-16(4)25-22(28)19(7-3)26-21-15-11-9-13-18(21)23(29)27(24(26)30)20-14-10-8-12-17(20)6-2/h8-16,19H,5-7H2,1-4H3,(H,25,28)/t16-,19-/m1/s1. The first-order chi connectivity index (χ1) is 14.4. The highest BCUT2D eigenvalue weighted by molar-refractivity contribution is 5.84. The molecule has 3 aromatic rings. The first-order valence-electron chi connectivity index (χ1n) is 10.6. The molecule has 0 unspecified atom stereocenters. The molecule has 1 heterocycles. The van der Waals surface area contributed by atoms with Crippen molar-refractivity contribution in [2.75, 3.05) is 0 Å². The van der Waals surface area contributed by atoms with Crippen LogP contribution in [-0.4, -0.2) is 21.1 Å². The molecule has 6 nitrogen and oxygen atoms in total. The van der Waals surface area contributed by atoms with Gasteiger partial charge >= 0.3 is 5.69 Å². The van der Waals surface area contributed by atoms with Crippen molar-refractivity contribution in [2.24, 2.45) is 0 Å². The Kier molecular flexibility index (Phi) is 6.55. The molecule has 0 fully saturated rings. The van der Waals surface area contributed by atoms with Crippen LogP contribution < -0.4 is 16.6 Å². The molecule has 0 aliphatic rings. The third-order valence-corrected chi connectivity index (χ3v) is 5.61. The van der Waals surface area contributed by atoms with E-state index >= 15 is 0 Å². The number of nitrogens with zero attached hydrogens (tertiary/aromatic N) is 2. The normalized spacial score (nSPS) is 13.2. The van der Waals surface area contributed by atoms with Crippen molar-refractivity contribution in [3.05, 3.63) is 74.9 Å². The van der Waals surface area contributed by atoms with Crippen LogP contribution in [0.5, 0.6) is 0 Å². The highest BCUT2D eigenvalue weighted by Gasteiger charge is 2.26. The van der Waals surface area contributed by atoms with E-state index in [1.165, 1.54) is 9.13 Å². The fourth-order valence-electron chi connectivity index (χ4n) is 3.75. The van der Waals surface area contributed by atoms with Gasteiger partial charge in [0.25, 0.3) is 5.56 Å². The SMILES string of the molecule is CCc1ccccc1-n1c(=O)c2ccccc2n([C@H](CC)C(=O)N[C@H](C)CC)c1=O. The summed E-state index contributed by atoms with van der Waals surface area (Å²) in [5, 5.41) is 3.40. The Labute approximate surface area is 176 Å². The van der Waals surface area contributed by atoms with Crippen LogP contribution in [0.15, 0.2) is 58.1 Å². The molecule has 2 aromatic carbocycles. The van der Waals surface area contributed by atoms with Crippen molar-refractivity contribution in [3.8, 4) is 5.69 Å². The van der Waals surface area contributed by atoms with E-state index in [-0.39, 0.29) is 17.5 Å². The topological polar surface area (TPSA) is 73.1 Å².